The van der Waals surface area contributed by atoms with Crippen LogP contribution in [0.5, 0.6) is 0 Å². The molecule has 0 radical (unpaired) electrons. The fraction of sp³-hybridized carbons (Fsp3) is 0.440. The van der Waals surface area contributed by atoms with Crippen molar-refractivity contribution in [3.8, 4) is 0 Å². The number of aliphatic hydroxyl groups is 1. The van der Waals surface area contributed by atoms with Gasteiger partial charge in [0.1, 0.15) is 0 Å². The monoisotopic (exact) mass is 408 g/mol. The number of Topliss-reactive ketones (excluding diaryl/α,β-unsaturated/α-hetero) is 1. The Labute approximate surface area is 179 Å². The molecule has 0 aromatic heterocycles. The molecule has 2 aromatic rings. The van der Waals surface area contributed by atoms with Gasteiger partial charge in [0, 0.05) is 37.3 Å². The first-order chi connectivity index (χ1) is 14.2. The molecule has 1 saturated heterocycles. The van der Waals surface area contributed by atoms with Gasteiger partial charge < -0.3 is 10.0 Å². The minimum Gasteiger partial charge on any atom is -0.386 e. The molecule has 1 aliphatic rings. The van der Waals surface area contributed by atoms with E-state index in [0.717, 1.165) is 23.2 Å². The van der Waals surface area contributed by atoms with E-state index in [1.165, 1.54) is 5.56 Å². The molecule has 0 atom stereocenters. The normalized spacial score (nSPS) is 15.2. The van der Waals surface area contributed by atoms with Crippen LogP contribution < -0.4 is 4.90 Å². The maximum absolute atomic E-state index is 12.9. The van der Waals surface area contributed by atoms with Gasteiger partial charge in [-0.15, -0.1) is 0 Å². The first kappa shape index (κ1) is 22.0. The van der Waals surface area contributed by atoms with Crippen molar-refractivity contribution in [1.82, 2.24) is 4.90 Å². The number of likely N-dealkylation sites (tertiary alicyclic amines) is 1. The SMILES string of the molecule is CCc1ccc(C(=O)C2CCN(C(=O)N(C)c3ccc(C(C)(C)O)cc3)CC2)cc1. The third kappa shape index (κ3) is 4.90. The quantitative estimate of drug-likeness (QED) is 0.734. The second-order valence-electron chi connectivity index (χ2n) is 8.62. The summed E-state index contributed by atoms with van der Waals surface area (Å²) in [6.07, 6.45) is 2.33. The Morgan fingerprint density at radius 1 is 1.03 bits per heavy atom. The van der Waals surface area contributed by atoms with E-state index in [4.69, 9.17) is 0 Å². The molecule has 1 N–H and O–H groups in total. The summed E-state index contributed by atoms with van der Waals surface area (Å²) in [7, 11) is 1.76. The van der Waals surface area contributed by atoms with Crippen LogP contribution in [0.25, 0.3) is 0 Å². The lowest BCUT2D eigenvalue weighted by Crippen LogP contribution is -2.46. The Hall–Kier alpha value is -2.66. The number of rotatable bonds is 5. The highest BCUT2D eigenvalue weighted by Crippen LogP contribution is 2.26. The topological polar surface area (TPSA) is 60.9 Å². The summed E-state index contributed by atoms with van der Waals surface area (Å²) in [5.74, 6) is 0.151. The number of hydrogen-bond acceptors (Lipinski definition) is 3. The summed E-state index contributed by atoms with van der Waals surface area (Å²) in [5.41, 5.74) is 2.67. The predicted octanol–water partition coefficient (Wildman–Crippen LogP) is 4.63. The van der Waals surface area contributed by atoms with Crippen molar-refractivity contribution in [3.63, 3.8) is 0 Å². The summed E-state index contributed by atoms with van der Waals surface area (Å²) in [6.45, 7) is 6.73. The van der Waals surface area contributed by atoms with Crippen LogP contribution in [-0.2, 0) is 12.0 Å². The van der Waals surface area contributed by atoms with Gasteiger partial charge in [-0.3, -0.25) is 9.69 Å². The minimum atomic E-state index is -0.910. The highest BCUT2D eigenvalue weighted by molar-refractivity contribution is 5.98. The largest absolute Gasteiger partial charge is 0.386 e. The van der Waals surface area contributed by atoms with Gasteiger partial charge in [-0.2, -0.15) is 0 Å². The molecule has 0 saturated carbocycles. The van der Waals surface area contributed by atoms with Crippen LogP contribution in [0.1, 0.15) is 55.1 Å². The number of piperidine rings is 1. The molecule has 160 valence electrons. The lowest BCUT2D eigenvalue weighted by atomic mass is 9.88. The average molecular weight is 409 g/mol. The zero-order valence-corrected chi connectivity index (χ0v) is 18.4. The Morgan fingerprint density at radius 3 is 2.10 bits per heavy atom. The third-order valence-electron chi connectivity index (χ3n) is 6.03. The van der Waals surface area contributed by atoms with Crippen LogP contribution >= 0.6 is 0 Å². The van der Waals surface area contributed by atoms with Crippen molar-refractivity contribution in [2.45, 2.75) is 45.6 Å². The van der Waals surface area contributed by atoms with Crippen LogP contribution in [0.15, 0.2) is 48.5 Å². The third-order valence-corrected chi connectivity index (χ3v) is 6.03. The van der Waals surface area contributed by atoms with Gasteiger partial charge in [-0.25, -0.2) is 4.79 Å². The number of ketones is 1. The number of anilines is 1. The van der Waals surface area contributed by atoms with Gasteiger partial charge in [-0.1, -0.05) is 43.3 Å². The van der Waals surface area contributed by atoms with E-state index < -0.39 is 5.60 Å². The molecule has 1 heterocycles. The Balaban J connectivity index is 1.58. The predicted molar refractivity (Wildman–Crippen MR) is 120 cm³/mol. The second-order valence-corrected chi connectivity index (χ2v) is 8.62. The van der Waals surface area contributed by atoms with E-state index in [2.05, 4.69) is 6.92 Å². The average Bonchev–Trinajstić information content (AvgIpc) is 2.77. The molecular weight excluding hydrogens is 376 g/mol. The number of nitrogens with zero attached hydrogens (tertiary/aromatic N) is 2. The molecule has 0 unspecified atom stereocenters. The van der Waals surface area contributed by atoms with Gasteiger partial charge in [0.05, 0.1) is 5.60 Å². The molecule has 5 heteroatoms. The van der Waals surface area contributed by atoms with E-state index in [-0.39, 0.29) is 17.7 Å². The standard InChI is InChI=1S/C25H32N2O3/c1-5-18-6-8-19(9-7-18)23(28)20-14-16-27(17-15-20)24(29)26(4)22-12-10-21(11-13-22)25(2,3)30/h6-13,20,30H,5,14-17H2,1-4H3. The number of amides is 2. The van der Waals surface area contributed by atoms with Crippen molar-refractivity contribution in [2.75, 3.05) is 25.0 Å². The van der Waals surface area contributed by atoms with Crippen molar-refractivity contribution in [3.05, 3.63) is 65.2 Å². The summed E-state index contributed by atoms with van der Waals surface area (Å²) in [4.78, 5) is 29.2. The van der Waals surface area contributed by atoms with E-state index in [0.29, 0.717) is 25.9 Å². The number of hydrogen-bond donors (Lipinski definition) is 1. The van der Waals surface area contributed by atoms with Gasteiger partial charge in [0.25, 0.3) is 0 Å². The van der Waals surface area contributed by atoms with Crippen LogP contribution in [0, 0.1) is 5.92 Å². The summed E-state index contributed by atoms with van der Waals surface area (Å²) in [6, 6.07) is 15.2. The lowest BCUT2D eigenvalue weighted by molar-refractivity contribution is 0.0785. The number of carbonyl (C=O) groups excluding carboxylic acids is 2. The van der Waals surface area contributed by atoms with Crippen LogP contribution in [-0.4, -0.2) is 42.0 Å². The molecule has 0 bridgehead atoms. The van der Waals surface area contributed by atoms with Gasteiger partial charge in [0.15, 0.2) is 5.78 Å². The zero-order valence-electron chi connectivity index (χ0n) is 18.4. The Kier molecular flexibility index (Phi) is 6.61. The smallest absolute Gasteiger partial charge is 0.324 e. The number of aryl methyl sites for hydroxylation is 1. The van der Waals surface area contributed by atoms with Gasteiger partial charge in [-0.05, 0) is 56.4 Å². The van der Waals surface area contributed by atoms with Crippen molar-refractivity contribution in [2.24, 2.45) is 5.92 Å². The van der Waals surface area contributed by atoms with Crippen LogP contribution in [0.3, 0.4) is 0 Å². The molecule has 30 heavy (non-hydrogen) atoms. The molecule has 2 aromatic carbocycles. The number of benzene rings is 2. The zero-order chi connectivity index (χ0) is 21.9. The molecule has 5 nitrogen and oxygen atoms in total. The fourth-order valence-electron chi connectivity index (χ4n) is 3.89. The number of urea groups is 1. The summed E-state index contributed by atoms with van der Waals surface area (Å²) >= 11 is 0. The van der Waals surface area contributed by atoms with E-state index in [9.17, 15) is 14.7 Å². The van der Waals surface area contributed by atoms with Gasteiger partial charge >= 0.3 is 6.03 Å². The fourth-order valence-corrected chi connectivity index (χ4v) is 3.89. The lowest BCUT2D eigenvalue weighted by Gasteiger charge is -2.34. The molecule has 1 fully saturated rings. The van der Waals surface area contributed by atoms with Crippen molar-refractivity contribution in [1.29, 1.82) is 0 Å². The Morgan fingerprint density at radius 2 is 1.60 bits per heavy atom. The second kappa shape index (κ2) is 9.00. The van der Waals surface area contributed by atoms with E-state index >= 15 is 0 Å². The molecule has 0 spiro atoms. The van der Waals surface area contributed by atoms with Gasteiger partial charge in [0.2, 0.25) is 0 Å². The van der Waals surface area contributed by atoms with Crippen molar-refractivity contribution >= 4 is 17.5 Å². The summed E-state index contributed by atoms with van der Waals surface area (Å²) < 4.78 is 0. The maximum Gasteiger partial charge on any atom is 0.324 e. The summed E-state index contributed by atoms with van der Waals surface area (Å²) in [5, 5.41) is 10.1. The van der Waals surface area contributed by atoms with E-state index in [1.807, 2.05) is 53.4 Å². The van der Waals surface area contributed by atoms with E-state index in [1.54, 1.807) is 25.8 Å². The maximum atomic E-state index is 12.9. The first-order valence-corrected chi connectivity index (χ1v) is 10.7. The highest BCUT2D eigenvalue weighted by Gasteiger charge is 2.29. The molecular formula is C25H32N2O3. The first-order valence-electron chi connectivity index (χ1n) is 10.7. The van der Waals surface area contributed by atoms with Crippen LogP contribution in [0.2, 0.25) is 0 Å². The Bertz CT molecular complexity index is 874. The highest BCUT2D eigenvalue weighted by atomic mass is 16.3. The molecule has 1 aliphatic heterocycles. The van der Waals surface area contributed by atoms with Crippen LogP contribution in [0.4, 0.5) is 10.5 Å². The minimum absolute atomic E-state index is 0.0297. The number of carbonyl (C=O) groups is 2. The molecule has 0 aliphatic carbocycles. The molecule has 3 rings (SSSR count). The van der Waals surface area contributed by atoms with Crippen molar-refractivity contribution < 1.29 is 14.7 Å². The molecule has 2 amide bonds.